The summed E-state index contributed by atoms with van der Waals surface area (Å²) >= 11 is 2.95. The van der Waals surface area contributed by atoms with Crippen LogP contribution in [-0.2, 0) is 11.3 Å². The SMILES string of the molecule is O=C(Nc1ccsc1)c1nc(CN2CCOCC2)cs1. The number of amides is 1. The third-order valence-corrected chi connectivity index (χ3v) is 4.59. The van der Waals surface area contributed by atoms with E-state index in [0.29, 0.717) is 5.01 Å². The lowest BCUT2D eigenvalue weighted by Crippen LogP contribution is -2.35. The monoisotopic (exact) mass is 309 g/mol. The van der Waals surface area contributed by atoms with E-state index in [1.165, 1.54) is 11.3 Å². The summed E-state index contributed by atoms with van der Waals surface area (Å²) in [6.45, 7) is 4.18. The molecule has 0 saturated carbocycles. The minimum absolute atomic E-state index is 0.137. The number of anilines is 1. The smallest absolute Gasteiger partial charge is 0.284 e. The first kappa shape index (κ1) is 13.7. The highest BCUT2D eigenvalue weighted by molar-refractivity contribution is 7.12. The minimum Gasteiger partial charge on any atom is -0.379 e. The Morgan fingerprint density at radius 1 is 1.40 bits per heavy atom. The lowest BCUT2D eigenvalue weighted by molar-refractivity contribution is 0.0337. The molecule has 0 aliphatic carbocycles. The van der Waals surface area contributed by atoms with Crippen LogP contribution in [-0.4, -0.2) is 42.1 Å². The molecule has 1 saturated heterocycles. The average molecular weight is 309 g/mol. The zero-order valence-electron chi connectivity index (χ0n) is 10.9. The van der Waals surface area contributed by atoms with Crippen LogP contribution >= 0.6 is 22.7 Å². The summed E-state index contributed by atoms with van der Waals surface area (Å²) < 4.78 is 5.32. The molecule has 0 radical (unpaired) electrons. The maximum atomic E-state index is 12.0. The Bertz CT molecular complexity index is 562. The molecule has 1 aliphatic rings. The van der Waals surface area contributed by atoms with Gasteiger partial charge in [-0.25, -0.2) is 4.98 Å². The van der Waals surface area contributed by atoms with E-state index in [1.807, 2.05) is 22.2 Å². The zero-order chi connectivity index (χ0) is 13.8. The number of hydrogen-bond donors (Lipinski definition) is 1. The van der Waals surface area contributed by atoms with Crippen LogP contribution in [0.1, 0.15) is 15.5 Å². The molecule has 0 atom stereocenters. The van der Waals surface area contributed by atoms with E-state index in [2.05, 4.69) is 15.2 Å². The molecular weight excluding hydrogens is 294 g/mol. The molecule has 1 amide bonds. The Morgan fingerprint density at radius 3 is 3.00 bits per heavy atom. The number of morpholine rings is 1. The summed E-state index contributed by atoms with van der Waals surface area (Å²) in [5.41, 5.74) is 1.78. The highest BCUT2D eigenvalue weighted by Crippen LogP contribution is 2.16. The van der Waals surface area contributed by atoms with E-state index in [0.717, 1.165) is 44.2 Å². The van der Waals surface area contributed by atoms with E-state index in [9.17, 15) is 4.79 Å². The van der Waals surface area contributed by atoms with Crippen LogP contribution in [0.5, 0.6) is 0 Å². The van der Waals surface area contributed by atoms with Crippen molar-refractivity contribution in [1.82, 2.24) is 9.88 Å². The van der Waals surface area contributed by atoms with Gasteiger partial charge in [0.15, 0.2) is 5.01 Å². The van der Waals surface area contributed by atoms with Gasteiger partial charge >= 0.3 is 0 Å². The molecule has 0 bridgehead atoms. The zero-order valence-corrected chi connectivity index (χ0v) is 12.5. The molecule has 7 heteroatoms. The van der Waals surface area contributed by atoms with Gasteiger partial charge in [0.25, 0.3) is 5.91 Å². The third-order valence-electron chi connectivity index (χ3n) is 3.01. The van der Waals surface area contributed by atoms with Crippen LogP contribution in [0.2, 0.25) is 0 Å². The van der Waals surface area contributed by atoms with Crippen molar-refractivity contribution < 1.29 is 9.53 Å². The minimum atomic E-state index is -0.137. The number of ether oxygens (including phenoxy) is 1. The predicted molar refractivity (Wildman–Crippen MR) is 80.5 cm³/mol. The number of aromatic nitrogens is 1. The fourth-order valence-corrected chi connectivity index (χ4v) is 3.28. The van der Waals surface area contributed by atoms with Gasteiger partial charge in [0.05, 0.1) is 24.6 Å². The van der Waals surface area contributed by atoms with Crippen LogP contribution in [0.3, 0.4) is 0 Å². The normalized spacial score (nSPS) is 16.2. The highest BCUT2D eigenvalue weighted by atomic mass is 32.1. The second-order valence-corrected chi connectivity index (χ2v) is 6.14. The summed E-state index contributed by atoms with van der Waals surface area (Å²) in [5.74, 6) is -0.137. The van der Waals surface area contributed by atoms with Crippen molar-refractivity contribution in [2.45, 2.75) is 6.54 Å². The van der Waals surface area contributed by atoms with Gasteiger partial charge in [0, 0.05) is 30.4 Å². The molecule has 0 spiro atoms. The number of nitrogens with one attached hydrogen (secondary N) is 1. The van der Waals surface area contributed by atoms with E-state index in [-0.39, 0.29) is 5.91 Å². The first-order chi connectivity index (χ1) is 9.81. The Morgan fingerprint density at radius 2 is 2.25 bits per heavy atom. The topological polar surface area (TPSA) is 54.5 Å². The number of thiazole rings is 1. The molecule has 5 nitrogen and oxygen atoms in total. The van der Waals surface area contributed by atoms with E-state index >= 15 is 0 Å². The maximum Gasteiger partial charge on any atom is 0.284 e. The van der Waals surface area contributed by atoms with Crippen LogP contribution in [0, 0.1) is 0 Å². The van der Waals surface area contributed by atoms with Crippen molar-refractivity contribution >= 4 is 34.3 Å². The fraction of sp³-hybridized carbons (Fsp3) is 0.385. The van der Waals surface area contributed by atoms with Crippen molar-refractivity contribution in [3.8, 4) is 0 Å². The van der Waals surface area contributed by atoms with Crippen molar-refractivity contribution in [3.05, 3.63) is 32.9 Å². The van der Waals surface area contributed by atoms with Gasteiger partial charge < -0.3 is 10.1 Å². The van der Waals surface area contributed by atoms with Gasteiger partial charge in [0.1, 0.15) is 0 Å². The average Bonchev–Trinajstić information content (AvgIpc) is 3.11. The standard InChI is InChI=1S/C13H15N3O2S2/c17-12(14-10-1-6-19-8-10)13-15-11(9-20-13)7-16-2-4-18-5-3-16/h1,6,8-9H,2-5,7H2,(H,14,17). The number of rotatable bonds is 4. The summed E-state index contributed by atoms with van der Waals surface area (Å²) in [5, 5.41) is 9.15. The molecule has 2 aromatic heterocycles. The van der Waals surface area contributed by atoms with E-state index < -0.39 is 0 Å². The lowest BCUT2D eigenvalue weighted by Gasteiger charge is -2.25. The molecule has 3 heterocycles. The fourth-order valence-electron chi connectivity index (χ4n) is 1.99. The Kier molecular flexibility index (Phi) is 4.41. The van der Waals surface area contributed by atoms with Gasteiger partial charge in [0.2, 0.25) is 0 Å². The van der Waals surface area contributed by atoms with E-state index in [4.69, 9.17) is 4.74 Å². The van der Waals surface area contributed by atoms with Crippen molar-refractivity contribution in [3.63, 3.8) is 0 Å². The maximum absolute atomic E-state index is 12.0. The molecule has 20 heavy (non-hydrogen) atoms. The van der Waals surface area contributed by atoms with Crippen molar-refractivity contribution in [2.24, 2.45) is 0 Å². The third kappa shape index (κ3) is 3.43. The lowest BCUT2D eigenvalue weighted by atomic mass is 10.3. The van der Waals surface area contributed by atoms with Gasteiger partial charge in [-0.2, -0.15) is 11.3 Å². The predicted octanol–water partition coefficient (Wildman–Crippen LogP) is 2.29. The second-order valence-electron chi connectivity index (χ2n) is 4.50. The number of hydrogen-bond acceptors (Lipinski definition) is 6. The summed E-state index contributed by atoms with van der Waals surface area (Å²) in [4.78, 5) is 18.7. The molecule has 106 valence electrons. The Balaban J connectivity index is 1.59. The van der Waals surface area contributed by atoms with E-state index in [1.54, 1.807) is 11.3 Å². The number of carbonyl (C=O) groups is 1. The molecule has 1 fully saturated rings. The first-order valence-corrected chi connectivity index (χ1v) is 8.21. The summed E-state index contributed by atoms with van der Waals surface area (Å²) in [6, 6.07) is 1.88. The quantitative estimate of drug-likeness (QED) is 0.941. The van der Waals surface area contributed by atoms with Crippen LogP contribution < -0.4 is 5.32 Å². The Labute approximate surface area is 125 Å². The van der Waals surface area contributed by atoms with Gasteiger partial charge in [-0.3, -0.25) is 9.69 Å². The number of nitrogens with zero attached hydrogens (tertiary/aromatic N) is 2. The van der Waals surface area contributed by atoms with Gasteiger partial charge in [-0.15, -0.1) is 11.3 Å². The Hall–Kier alpha value is -1.28. The number of thiophene rings is 1. The molecular formula is C13H15N3O2S2. The largest absolute Gasteiger partial charge is 0.379 e. The number of carbonyl (C=O) groups excluding carboxylic acids is 1. The van der Waals surface area contributed by atoms with Crippen LogP contribution in [0.25, 0.3) is 0 Å². The first-order valence-electron chi connectivity index (χ1n) is 6.39. The molecule has 2 aromatic rings. The van der Waals surface area contributed by atoms with Gasteiger partial charge in [-0.05, 0) is 11.4 Å². The second kappa shape index (κ2) is 6.45. The summed E-state index contributed by atoms with van der Waals surface area (Å²) in [6.07, 6.45) is 0. The highest BCUT2D eigenvalue weighted by Gasteiger charge is 2.15. The van der Waals surface area contributed by atoms with Crippen LogP contribution in [0.4, 0.5) is 5.69 Å². The molecule has 1 aliphatic heterocycles. The summed E-state index contributed by atoms with van der Waals surface area (Å²) in [7, 11) is 0. The molecule has 1 N–H and O–H groups in total. The molecule has 3 rings (SSSR count). The van der Waals surface area contributed by atoms with Crippen molar-refractivity contribution in [2.75, 3.05) is 31.6 Å². The van der Waals surface area contributed by atoms with Crippen LogP contribution in [0.15, 0.2) is 22.2 Å². The molecule has 0 unspecified atom stereocenters. The molecule has 0 aromatic carbocycles. The van der Waals surface area contributed by atoms with Gasteiger partial charge in [-0.1, -0.05) is 0 Å². The van der Waals surface area contributed by atoms with Crippen molar-refractivity contribution in [1.29, 1.82) is 0 Å².